The number of allylic oxidation sites excluding steroid dienone is 1. The van der Waals surface area contributed by atoms with E-state index in [1.165, 1.54) is 37.4 Å². The molecular formula is C24H33ClN4O2S. The lowest BCUT2D eigenvalue weighted by Gasteiger charge is -2.17. The zero-order valence-corrected chi connectivity index (χ0v) is 20.8. The van der Waals surface area contributed by atoms with Gasteiger partial charge in [0.1, 0.15) is 5.75 Å². The molecule has 1 fully saturated rings. The number of aromatic nitrogens is 3. The third-order valence-electron chi connectivity index (χ3n) is 5.70. The van der Waals surface area contributed by atoms with E-state index in [2.05, 4.69) is 22.1 Å². The van der Waals surface area contributed by atoms with Gasteiger partial charge in [-0.3, -0.25) is 9.36 Å². The maximum atomic E-state index is 12.5. The van der Waals surface area contributed by atoms with Crippen molar-refractivity contribution in [3.63, 3.8) is 0 Å². The molecule has 6 nitrogen and oxygen atoms in total. The van der Waals surface area contributed by atoms with E-state index >= 15 is 0 Å². The highest BCUT2D eigenvalue weighted by atomic mass is 35.5. The lowest BCUT2D eigenvalue weighted by atomic mass is 10.1. The zero-order chi connectivity index (χ0) is 23.1. The monoisotopic (exact) mass is 476 g/mol. The fraction of sp³-hybridized carbons (Fsp3) is 0.542. The number of hydrogen-bond donors (Lipinski definition) is 1. The van der Waals surface area contributed by atoms with E-state index in [-0.39, 0.29) is 12.0 Å². The highest BCUT2D eigenvalue weighted by Crippen LogP contribution is 2.30. The molecule has 1 N–H and O–H groups in total. The average molecular weight is 477 g/mol. The van der Waals surface area contributed by atoms with E-state index in [1.54, 1.807) is 6.08 Å². The Morgan fingerprint density at radius 2 is 1.94 bits per heavy atom. The molecule has 1 aliphatic rings. The number of hydrogen-bond acceptors (Lipinski definition) is 5. The molecule has 8 heteroatoms. The number of carbonyl (C=O) groups excluding carboxylic acids is 1. The first kappa shape index (κ1) is 24.6. The van der Waals surface area contributed by atoms with E-state index in [0.29, 0.717) is 29.3 Å². The van der Waals surface area contributed by atoms with E-state index in [9.17, 15) is 4.79 Å². The van der Waals surface area contributed by atoms with Gasteiger partial charge in [0, 0.05) is 17.6 Å². The normalized spacial score (nSPS) is 15.8. The summed E-state index contributed by atoms with van der Waals surface area (Å²) in [5.74, 6) is 1.80. The number of amides is 1. The first-order chi connectivity index (χ1) is 15.4. The van der Waals surface area contributed by atoms with Gasteiger partial charge >= 0.3 is 0 Å². The highest BCUT2D eigenvalue weighted by Gasteiger charge is 2.21. The van der Waals surface area contributed by atoms with Crippen LogP contribution < -0.4 is 10.1 Å². The van der Waals surface area contributed by atoms with Crippen molar-refractivity contribution in [2.24, 2.45) is 0 Å². The summed E-state index contributed by atoms with van der Waals surface area (Å²) < 4.78 is 8.11. The van der Waals surface area contributed by atoms with Crippen molar-refractivity contribution < 1.29 is 9.53 Å². The summed E-state index contributed by atoms with van der Waals surface area (Å²) in [6.45, 7) is 10.3. The van der Waals surface area contributed by atoms with Gasteiger partial charge in [0.2, 0.25) is 5.91 Å². The number of halogens is 1. The number of nitrogens with zero attached hydrogens (tertiary/aromatic N) is 3. The third-order valence-corrected chi connectivity index (χ3v) is 7.26. The number of benzene rings is 1. The Labute approximate surface area is 200 Å². The lowest BCUT2D eigenvalue weighted by Crippen LogP contribution is -2.35. The van der Waals surface area contributed by atoms with Gasteiger partial charge in [-0.25, -0.2) is 0 Å². The second-order valence-electron chi connectivity index (χ2n) is 8.42. The molecule has 1 atom stereocenters. The molecule has 1 unspecified atom stereocenters. The third kappa shape index (κ3) is 6.51. The Kier molecular flexibility index (Phi) is 9.05. The van der Waals surface area contributed by atoms with Crippen LogP contribution in [0.1, 0.15) is 68.5 Å². The average Bonchev–Trinajstić information content (AvgIpc) is 2.97. The molecule has 1 saturated carbocycles. The fourth-order valence-corrected chi connectivity index (χ4v) is 4.94. The molecule has 0 aliphatic heterocycles. The topological polar surface area (TPSA) is 69.0 Å². The van der Waals surface area contributed by atoms with Crippen LogP contribution in [0.25, 0.3) is 0 Å². The smallest absolute Gasteiger partial charge is 0.230 e. The summed E-state index contributed by atoms with van der Waals surface area (Å²) in [5.41, 5.74) is 1.94. The SMILES string of the molecule is C=CCn1c(SCC(=O)NC2CCCCCC2)nnc1C(C)Oc1cc(C)c(Cl)c(C)c1. The molecule has 32 heavy (non-hydrogen) atoms. The molecule has 174 valence electrons. The van der Waals surface area contributed by atoms with E-state index < -0.39 is 0 Å². The second kappa shape index (κ2) is 11.8. The van der Waals surface area contributed by atoms with Crippen molar-refractivity contribution in [3.05, 3.63) is 46.8 Å². The van der Waals surface area contributed by atoms with Crippen molar-refractivity contribution in [2.75, 3.05) is 5.75 Å². The zero-order valence-electron chi connectivity index (χ0n) is 19.2. The molecular weight excluding hydrogens is 444 g/mol. The molecule has 3 rings (SSSR count). The summed E-state index contributed by atoms with van der Waals surface area (Å²) in [6.07, 6.45) is 8.55. The molecule has 0 saturated heterocycles. The van der Waals surface area contributed by atoms with Crippen molar-refractivity contribution in [1.82, 2.24) is 20.1 Å². The van der Waals surface area contributed by atoms with Crippen LogP contribution in [0.15, 0.2) is 29.9 Å². The van der Waals surface area contributed by atoms with Crippen molar-refractivity contribution in [1.29, 1.82) is 0 Å². The Hall–Kier alpha value is -1.99. The lowest BCUT2D eigenvalue weighted by molar-refractivity contribution is -0.119. The molecule has 1 aliphatic carbocycles. The van der Waals surface area contributed by atoms with Gasteiger partial charge in [-0.2, -0.15) is 0 Å². The summed E-state index contributed by atoms with van der Waals surface area (Å²) in [6, 6.07) is 4.15. The van der Waals surface area contributed by atoms with E-state index in [4.69, 9.17) is 16.3 Å². The van der Waals surface area contributed by atoms with Crippen LogP contribution in [-0.2, 0) is 11.3 Å². The van der Waals surface area contributed by atoms with Gasteiger partial charge in [-0.1, -0.05) is 55.1 Å². The van der Waals surface area contributed by atoms with Gasteiger partial charge in [0.05, 0.1) is 5.75 Å². The number of aryl methyl sites for hydroxylation is 2. The fourth-order valence-electron chi connectivity index (χ4n) is 4.06. The molecule has 0 bridgehead atoms. The molecule has 1 amide bonds. The van der Waals surface area contributed by atoms with Gasteiger partial charge in [-0.15, -0.1) is 16.8 Å². The first-order valence-corrected chi connectivity index (χ1v) is 12.6. The molecule has 1 aromatic carbocycles. The van der Waals surface area contributed by atoms with Crippen molar-refractivity contribution >= 4 is 29.3 Å². The van der Waals surface area contributed by atoms with Crippen LogP contribution in [0.2, 0.25) is 5.02 Å². The minimum atomic E-state index is -0.323. The van der Waals surface area contributed by atoms with Crippen molar-refractivity contribution in [3.8, 4) is 5.75 Å². The van der Waals surface area contributed by atoms with Gasteiger partial charge in [0.25, 0.3) is 0 Å². The Balaban J connectivity index is 1.65. The van der Waals surface area contributed by atoms with Crippen molar-refractivity contribution in [2.45, 2.75) is 83.1 Å². The van der Waals surface area contributed by atoms with Crippen LogP contribution in [0.4, 0.5) is 0 Å². The summed E-state index contributed by atoms with van der Waals surface area (Å²) in [4.78, 5) is 12.5. The first-order valence-electron chi connectivity index (χ1n) is 11.3. The molecule has 1 heterocycles. The van der Waals surface area contributed by atoms with Gasteiger partial charge in [-0.05, 0) is 56.9 Å². The molecule has 1 aromatic heterocycles. The number of thioether (sulfide) groups is 1. The molecule has 0 radical (unpaired) electrons. The minimum Gasteiger partial charge on any atom is -0.483 e. The quantitative estimate of drug-likeness (QED) is 0.281. The number of carbonyl (C=O) groups is 1. The maximum absolute atomic E-state index is 12.5. The van der Waals surface area contributed by atoms with Crippen LogP contribution in [-0.4, -0.2) is 32.5 Å². The van der Waals surface area contributed by atoms with Crippen LogP contribution in [0, 0.1) is 13.8 Å². The van der Waals surface area contributed by atoms with Crippen LogP contribution in [0.5, 0.6) is 5.75 Å². The predicted octanol–water partition coefficient (Wildman–Crippen LogP) is 5.81. The number of rotatable bonds is 9. The Morgan fingerprint density at radius 3 is 2.56 bits per heavy atom. The van der Waals surface area contributed by atoms with E-state index in [0.717, 1.165) is 34.7 Å². The van der Waals surface area contributed by atoms with Gasteiger partial charge in [0.15, 0.2) is 17.1 Å². The predicted molar refractivity (Wildman–Crippen MR) is 131 cm³/mol. The molecule has 2 aromatic rings. The van der Waals surface area contributed by atoms with Crippen LogP contribution >= 0.6 is 23.4 Å². The Bertz CT molecular complexity index is 915. The summed E-state index contributed by atoms with van der Waals surface area (Å²) in [7, 11) is 0. The minimum absolute atomic E-state index is 0.0491. The second-order valence-corrected chi connectivity index (χ2v) is 9.74. The summed E-state index contributed by atoms with van der Waals surface area (Å²) in [5, 5.41) is 13.3. The largest absolute Gasteiger partial charge is 0.483 e. The summed E-state index contributed by atoms with van der Waals surface area (Å²) >= 11 is 7.67. The van der Waals surface area contributed by atoms with E-state index in [1.807, 2.05) is 37.5 Å². The highest BCUT2D eigenvalue weighted by molar-refractivity contribution is 7.99. The number of nitrogens with one attached hydrogen (secondary N) is 1. The van der Waals surface area contributed by atoms with Crippen LogP contribution in [0.3, 0.4) is 0 Å². The Morgan fingerprint density at radius 1 is 1.28 bits per heavy atom. The standard InChI is InChI=1S/C24H33ClN4O2S/c1-5-12-29-23(18(4)31-20-13-16(2)22(25)17(3)14-20)27-28-24(29)32-15-21(30)26-19-10-8-6-7-9-11-19/h5,13-14,18-19H,1,6-12,15H2,2-4H3,(H,26,30). The number of ether oxygens (including phenoxy) is 1. The molecule has 0 spiro atoms. The van der Waals surface area contributed by atoms with Gasteiger partial charge < -0.3 is 10.1 Å². The maximum Gasteiger partial charge on any atom is 0.230 e.